The molecular formula is C59H98O5. The first-order valence-corrected chi connectivity index (χ1v) is 26.4. The molecule has 0 aliphatic rings. The lowest BCUT2D eigenvalue weighted by atomic mass is 10.1. The highest BCUT2D eigenvalue weighted by Gasteiger charge is 2.17. The second-order valence-corrected chi connectivity index (χ2v) is 17.0. The smallest absolute Gasteiger partial charge is 0.306 e. The highest BCUT2D eigenvalue weighted by atomic mass is 16.6. The molecule has 0 aliphatic heterocycles. The molecule has 0 aromatic heterocycles. The van der Waals surface area contributed by atoms with E-state index in [1.54, 1.807) is 0 Å². The largest absolute Gasteiger partial charge is 0.462 e. The van der Waals surface area contributed by atoms with Gasteiger partial charge in [0.15, 0.2) is 6.10 Å². The van der Waals surface area contributed by atoms with Crippen LogP contribution in [0.1, 0.15) is 226 Å². The van der Waals surface area contributed by atoms with Crippen molar-refractivity contribution in [3.05, 3.63) is 109 Å². The van der Waals surface area contributed by atoms with Crippen LogP contribution in [-0.2, 0) is 23.8 Å². The minimum Gasteiger partial charge on any atom is -0.462 e. The van der Waals surface area contributed by atoms with E-state index < -0.39 is 6.10 Å². The van der Waals surface area contributed by atoms with Gasteiger partial charge in [-0.2, -0.15) is 0 Å². The number of esters is 2. The molecule has 0 aromatic carbocycles. The van der Waals surface area contributed by atoms with Gasteiger partial charge in [-0.1, -0.05) is 207 Å². The van der Waals surface area contributed by atoms with Crippen molar-refractivity contribution in [2.24, 2.45) is 0 Å². The van der Waals surface area contributed by atoms with Crippen LogP contribution < -0.4 is 0 Å². The van der Waals surface area contributed by atoms with Crippen molar-refractivity contribution < 1.29 is 23.8 Å². The summed E-state index contributed by atoms with van der Waals surface area (Å²) in [5, 5.41) is 0. The molecule has 364 valence electrons. The Bertz CT molecular complexity index is 1280. The molecule has 0 heterocycles. The molecule has 0 saturated heterocycles. The molecule has 1 unspecified atom stereocenters. The third-order valence-corrected chi connectivity index (χ3v) is 10.8. The lowest BCUT2D eigenvalue weighted by Gasteiger charge is -2.18. The number of unbranched alkanes of at least 4 members (excludes halogenated alkanes) is 18. The van der Waals surface area contributed by atoms with Crippen LogP contribution in [0.15, 0.2) is 109 Å². The minimum atomic E-state index is -0.593. The average Bonchev–Trinajstić information content (AvgIpc) is 3.30. The van der Waals surface area contributed by atoms with Gasteiger partial charge in [0, 0.05) is 12.8 Å². The molecule has 0 saturated carbocycles. The Balaban J connectivity index is 4.43. The van der Waals surface area contributed by atoms with Gasteiger partial charge in [0.2, 0.25) is 0 Å². The predicted octanol–water partition coefficient (Wildman–Crippen LogP) is 18.0. The molecule has 0 radical (unpaired) electrons. The first-order chi connectivity index (χ1) is 31.6. The van der Waals surface area contributed by atoms with Gasteiger partial charge in [-0.3, -0.25) is 9.59 Å². The van der Waals surface area contributed by atoms with Gasteiger partial charge >= 0.3 is 11.9 Å². The zero-order chi connectivity index (χ0) is 46.3. The summed E-state index contributed by atoms with van der Waals surface area (Å²) in [5.41, 5.74) is 0. The Kier molecular flexibility index (Phi) is 51.0. The first kappa shape index (κ1) is 60.6. The summed E-state index contributed by atoms with van der Waals surface area (Å²) in [5.74, 6) is -0.467. The zero-order valence-electron chi connectivity index (χ0n) is 41.8. The summed E-state index contributed by atoms with van der Waals surface area (Å²) >= 11 is 0. The van der Waals surface area contributed by atoms with E-state index in [-0.39, 0.29) is 25.2 Å². The summed E-state index contributed by atoms with van der Waals surface area (Å²) in [4.78, 5) is 25.4. The van der Waals surface area contributed by atoms with E-state index in [1.165, 1.54) is 89.9 Å². The standard InChI is InChI=1S/C59H98O5/c1-4-7-10-13-16-19-22-25-28-30-32-34-37-40-43-46-49-52-58(60)63-56-57(55-62-54-51-48-45-42-39-36-33-29-26-23-20-17-14-11-8-5-2)64-59(61)53-50-47-44-41-38-35-31-27-24-21-18-15-12-9-6-3/h8,11,16-21,25-29,31,36,39,45,48,57H,4-7,9-10,12-15,22-24,30,32-35,37-38,40-44,46-47,49-56H2,1-3H3/b11-8-,19-16-,20-17-,21-18-,28-25-,29-26-,31-27-,39-36-,48-45-. The van der Waals surface area contributed by atoms with E-state index in [9.17, 15) is 9.59 Å². The zero-order valence-corrected chi connectivity index (χ0v) is 41.8. The fraction of sp³-hybridized carbons (Fsp3) is 0.661. The van der Waals surface area contributed by atoms with Crippen molar-refractivity contribution in [2.45, 2.75) is 232 Å². The van der Waals surface area contributed by atoms with Crippen LogP contribution in [0.5, 0.6) is 0 Å². The number of ether oxygens (including phenoxy) is 3. The maximum Gasteiger partial charge on any atom is 0.306 e. The normalized spacial score (nSPS) is 13.1. The lowest BCUT2D eigenvalue weighted by Crippen LogP contribution is -2.30. The summed E-state index contributed by atoms with van der Waals surface area (Å²) < 4.78 is 17.3. The number of allylic oxidation sites excluding steroid dienone is 17. The van der Waals surface area contributed by atoms with E-state index in [1.807, 2.05) is 0 Å². The predicted molar refractivity (Wildman–Crippen MR) is 279 cm³/mol. The fourth-order valence-electron chi connectivity index (χ4n) is 6.87. The molecule has 0 fully saturated rings. The van der Waals surface area contributed by atoms with E-state index in [2.05, 4.69) is 130 Å². The maximum absolute atomic E-state index is 12.8. The molecule has 0 amide bonds. The maximum atomic E-state index is 12.8. The Morgan fingerprint density at radius 2 is 0.703 bits per heavy atom. The number of hydrogen-bond acceptors (Lipinski definition) is 5. The van der Waals surface area contributed by atoms with Gasteiger partial charge in [0.1, 0.15) is 6.61 Å². The molecule has 0 rings (SSSR count). The Morgan fingerprint density at radius 3 is 1.12 bits per heavy atom. The third kappa shape index (κ3) is 51.2. The van der Waals surface area contributed by atoms with Crippen molar-refractivity contribution in [1.82, 2.24) is 0 Å². The monoisotopic (exact) mass is 887 g/mol. The molecule has 5 heteroatoms. The van der Waals surface area contributed by atoms with Crippen molar-refractivity contribution in [3.8, 4) is 0 Å². The molecule has 64 heavy (non-hydrogen) atoms. The SMILES string of the molecule is CC/C=C\C/C=C\C/C=C\C/C=C\C/C=C\CCOCC(COC(=O)CCCCCCCCC/C=C\C/C=C\CCCCC)OC(=O)CCCCCCC/C=C\C/C=C\CCCCC. The molecule has 0 aromatic rings. The molecule has 0 N–H and O–H groups in total. The van der Waals surface area contributed by atoms with Gasteiger partial charge in [0.25, 0.3) is 0 Å². The Morgan fingerprint density at radius 1 is 0.359 bits per heavy atom. The van der Waals surface area contributed by atoms with Crippen LogP contribution >= 0.6 is 0 Å². The average molecular weight is 887 g/mol. The second-order valence-electron chi connectivity index (χ2n) is 17.0. The van der Waals surface area contributed by atoms with Gasteiger partial charge in [-0.15, -0.1) is 0 Å². The van der Waals surface area contributed by atoms with Crippen LogP contribution in [0.4, 0.5) is 0 Å². The van der Waals surface area contributed by atoms with Gasteiger partial charge in [-0.05, 0) is 116 Å². The molecule has 5 nitrogen and oxygen atoms in total. The summed E-state index contributed by atoms with van der Waals surface area (Å²) in [6.45, 7) is 7.43. The lowest BCUT2D eigenvalue weighted by molar-refractivity contribution is -0.162. The van der Waals surface area contributed by atoms with Crippen LogP contribution in [0.2, 0.25) is 0 Å². The summed E-state index contributed by atoms with van der Waals surface area (Å²) in [6.07, 6.45) is 74.0. The van der Waals surface area contributed by atoms with Gasteiger partial charge in [0.05, 0.1) is 13.2 Å². The fourth-order valence-corrected chi connectivity index (χ4v) is 6.87. The van der Waals surface area contributed by atoms with E-state index in [4.69, 9.17) is 14.2 Å². The number of rotatable bonds is 47. The van der Waals surface area contributed by atoms with Gasteiger partial charge < -0.3 is 14.2 Å². The Labute approximate surface area is 395 Å². The van der Waals surface area contributed by atoms with Gasteiger partial charge in [-0.25, -0.2) is 0 Å². The van der Waals surface area contributed by atoms with Crippen LogP contribution in [-0.4, -0.2) is 37.9 Å². The Hall–Kier alpha value is -3.44. The number of carbonyl (C=O) groups excluding carboxylic acids is 2. The second kappa shape index (κ2) is 53.9. The van der Waals surface area contributed by atoms with Crippen molar-refractivity contribution in [3.63, 3.8) is 0 Å². The summed E-state index contributed by atoms with van der Waals surface area (Å²) in [6, 6.07) is 0. The molecule has 1 atom stereocenters. The first-order valence-electron chi connectivity index (χ1n) is 26.4. The van der Waals surface area contributed by atoms with Crippen LogP contribution in [0, 0.1) is 0 Å². The highest BCUT2D eigenvalue weighted by Crippen LogP contribution is 2.13. The highest BCUT2D eigenvalue weighted by molar-refractivity contribution is 5.70. The number of carbonyl (C=O) groups is 2. The van der Waals surface area contributed by atoms with Crippen LogP contribution in [0.25, 0.3) is 0 Å². The summed E-state index contributed by atoms with van der Waals surface area (Å²) in [7, 11) is 0. The van der Waals surface area contributed by atoms with E-state index in [0.29, 0.717) is 19.4 Å². The molecule has 0 spiro atoms. The molecule has 0 aliphatic carbocycles. The minimum absolute atomic E-state index is 0.0398. The number of hydrogen-bond donors (Lipinski definition) is 0. The quantitative estimate of drug-likeness (QED) is 0.0346. The van der Waals surface area contributed by atoms with E-state index >= 15 is 0 Å². The van der Waals surface area contributed by atoms with Crippen molar-refractivity contribution in [2.75, 3.05) is 19.8 Å². The third-order valence-electron chi connectivity index (χ3n) is 10.8. The molecular weight excluding hydrogens is 789 g/mol. The van der Waals surface area contributed by atoms with Crippen molar-refractivity contribution in [1.29, 1.82) is 0 Å². The van der Waals surface area contributed by atoms with Crippen LogP contribution in [0.3, 0.4) is 0 Å². The topological polar surface area (TPSA) is 61.8 Å². The van der Waals surface area contributed by atoms with E-state index in [0.717, 1.165) is 103 Å². The molecule has 0 bridgehead atoms. The van der Waals surface area contributed by atoms with Crippen molar-refractivity contribution >= 4 is 11.9 Å².